The lowest BCUT2D eigenvalue weighted by molar-refractivity contribution is 0.0505. The Morgan fingerprint density at radius 1 is 1.62 bits per heavy atom. The summed E-state index contributed by atoms with van der Waals surface area (Å²) in [7, 11) is 0. The molecule has 0 N–H and O–H groups in total. The van der Waals surface area contributed by atoms with E-state index in [1.54, 1.807) is 18.3 Å². The van der Waals surface area contributed by atoms with Gasteiger partial charge in [-0.3, -0.25) is 0 Å². The molecule has 0 aliphatic heterocycles. The Labute approximate surface area is 95.8 Å². The molecule has 0 spiro atoms. The van der Waals surface area contributed by atoms with Crippen molar-refractivity contribution >= 4 is 17.3 Å². The van der Waals surface area contributed by atoms with Crippen molar-refractivity contribution in [3.05, 3.63) is 28.2 Å². The third kappa shape index (κ3) is 2.25. The topological polar surface area (TPSA) is 69.9 Å². The Morgan fingerprint density at radius 3 is 3.19 bits per heavy atom. The molecule has 0 atom stereocenters. The van der Waals surface area contributed by atoms with Crippen LogP contribution in [0, 0.1) is 0 Å². The lowest BCUT2D eigenvalue weighted by Crippen LogP contribution is -2.14. The van der Waals surface area contributed by atoms with Crippen molar-refractivity contribution in [2.24, 2.45) is 0 Å². The van der Waals surface area contributed by atoms with Gasteiger partial charge in [-0.1, -0.05) is 0 Å². The molecule has 0 saturated heterocycles. The van der Waals surface area contributed by atoms with Gasteiger partial charge in [0.1, 0.15) is 0 Å². The highest BCUT2D eigenvalue weighted by atomic mass is 32.1. The first-order valence-corrected chi connectivity index (χ1v) is 5.70. The van der Waals surface area contributed by atoms with Crippen LogP contribution in [-0.4, -0.2) is 32.8 Å². The molecule has 0 aliphatic rings. The smallest absolute Gasteiger partial charge is 0.378 e. The number of esters is 1. The van der Waals surface area contributed by atoms with E-state index in [9.17, 15) is 4.79 Å². The maximum atomic E-state index is 11.5. The first kappa shape index (κ1) is 10.7. The molecule has 2 aromatic heterocycles. The third-order valence-electron chi connectivity index (χ3n) is 1.90. The van der Waals surface area contributed by atoms with Crippen molar-refractivity contribution in [1.29, 1.82) is 0 Å². The lowest BCUT2D eigenvalue weighted by atomic mass is 10.3. The van der Waals surface area contributed by atoms with Crippen LogP contribution in [0.2, 0.25) is 0 Å². The maximum absolute atomic E-state index is 11.5. The molecule has 0 aliphatic carbocycles. The van der Waals surface area contributed by atoms with Crippen LogP contribution in [0.3, 0.4) is 0 Å². The van der Waals surface area contributed by atoms with Gasteiger partial charge in [-0.05, 0) is 39.7 Å². The zero-order valence-corrected chi connectivity index (χ0v) is 9.48. The number of hydrogen-bond donors (Lipinski definition) is 0. The van der Waals surface area contributed by atoms with Gasteiger partial charge in [0.05, 0.1) is 13.2 Å². The Kier molecular flexibility index (Phi) is 3.25. The fraction of sp³-hybridized carbons (Fsp3) is 0.333. The SMILES string of the molecule is CCOC(=O)c1nnnn1Cc1ccsc1. The molecular formula is C9H10N4O2S. The molecule has 0 unspecified atom stereocenters. The van der Waals surface area contributed by atoms with E-state index in [2.05, 4.69) is 15.5 Å². The summed E-state index contributed by atoms with van der Waals surface area (Å²) in [6.07, 6.45) is 0. The molecular weight excluding hydrogens is 228 g/mol. The van der Waals surface area contributed by atoms with Gasteiger partial charge in [0.15, 0.2) is 0 Å². The summed E-state index contributed by atoms with van der Waals surface area (Å²) in [6.45, 7) is 2.53. The number of thiophene rings is 1. The zero-order chi connectivity index (χ0) is 11.4. The van der Waals surface area contributed by atoms with Gasteiger partial charge in [-0.15, -0.1) is 5.10 Å². The van der Waals surface area contributed by atoms with Crippen molar-refractivity contribution in [2.75, 3.05) is 6.61 Å². The van der Waals surface area contributed by atoms with Crippen molar-refractivity contribution in [1.82, 2.24) is 20.2 Å². The average Bonchev–Trinajstić information content (AvgIpc) is 2.90. The predicted octanol–water partition coefficient (Wildman–Crippen LogP) is 0.960. The number of carbonyl (C=O) groups excluding carboxylic acids is 1. The second kappa shape index (κ2) is 4.84. The molecule has 7 heteroatoms. The number of tetrazole rings is 1. The van der Waals surface area contributed by atoms with Crippen LogP contribution in [-0.2, 0) is 11.3 Å². The largest absolute Gasteiger partial charge is 0.460 e. The van der Waals surface area contributed by atoms with Crippen LogP contribution in [0.1, 0.15) is 23.1 Å². The van der Waals surface area contributed by atoms with E-state index >= 15 is 0 Å². The minimum atomic E-state index is -0.497. The summed E-state index contributed by atoms with van der Waals surface area (Å²) in [5.41, 5.74) is 1.06. The fourth-order valence-corrected chi connectivity index (χ4v) is 1.87. The molecule has 2 heterocycles. The number of nitrogens with zero attached hydrogens (tertiary/aromatic N) is 4. The summed E-state index contributed by atoms with van der Waals surface area (Å²) in [6, 6.07) is 1.96. The highest BCUT2D eigenvalue weighted by Crippen LogP contribution is 2.08. The highest BCUT2D eigenvalue weighted by molar-refractivity contribution is 7.07. The molecule has 0 saturated carbocycles. The van der Waals surface area contributed by atoms with Crippen LogP contribution in [0.15, 0.2) is 16.8 Å². The van der Waals surface area contributed by atoms with Crippen LogP contribution in [0.5, 0.6) is 0 Å². The lowest BCUT2D eigenvalue weighted by Gasteiger charge is -2.02. The van der Waals surface area contributed by atoms with Crippen molar-refractivity contribution in [3.63, 3.8) is 0 Å². The average molecular weight is 238 g/mol. The molecule has 2 rings (SSSR count). The first-order valence-electron chi connectivity index (χ1n) is 4.75. The second-order valence-electron chi connectivity index (χ2n) is 3.01. The normalized spacial score (nSPS) is 10.3. The molecule has 0 radical (unpaired) electrons. The van der Waals surface area contributed by atoms with E-state index in [1.165, 1.54) is 4.68 Å². The Hall–Kier alpha value is -1.76. The molecule has 0 aromatic carbocycles. The quantitative estimate of drug-likeness (QED) is 0.742. The Bertz CT molecular complexity index is 466. The van der Waals surface area contributed by atoms with Crippen molar-refractivity contribution in [3.8, 4) is 0 Å². The predicted molar refractivity (Wildman–Crippen MR) is 57.2 cm³/mol. The summed E-state index contributed by atoms with van der Waals surface area (Å²) in [5, 5.41) is 14.8. The van der Waals surface area contributed by atoms with Crippen LogP contribution in [0.4, 0.5) is 0 Å². The van der Waals surface area contributed by atoms with Crippen molar-refractivity contribution < 1.29 is 9.53 Å². The number of aromatic nitrogens is 4. The van der Waals surface area contributed by atoms with E-state index in [0.717, 1.165) is 5.56 Å². The summed E-state index contributed by atoms with van der Waals surface area (Å²) < 4.78 is 6.28. The van der Waals surface area contributed by atoms with Gasteiger partial charge >= 0.3 is 5.97 Å². The molecule has 0 fully saturated rings. The zero-order valence-electron chi connectivity index (χ0n) is 8.66. The van der Waals surface area contributed by atoms with E-state index in [-0.39, 0.29) is 5.82 Å². The van der Waals surface area contributed by atoms with Crippen LogP contribution >= 0.6 is 11.3 Å². The summed E-state index contributed by atoms with van der Waals surface area (Å²) in [5.74, 6) is -0.365. The van der Waals surface area contributed by atoms with Gasteiger partial charge in [0.2, 0.25) is 0 Å². The first-order chi connectivity index (χ1) is 7.81. The summed E-state index contributed by atoms with van der Waals surface area (Å²) >= 11 is 1.59. The molecule has 0 bridgehead atoms. The van der Waals surface area contributed by atoms with E-state index in [4.69, 9.17) is 4.74 Å². The minimum absolute atomic E-state index is 0.132. The highest BCUT2D eigenvalue weighted by Gasteiger charge is 2.16. The van der Waals surface area contributed by atoms with Crippen LogP contribution in [0.25, 0.3) is 0 Å². The number of hydrogen-bond acceptors (Lipinski definition) is 6. The number of ether oxygens (including phenoxy) is 1. The van der Waals surface area contributed by atoms with Crippen LogP contribution < -0.4 is 0 Å². The Morgan fingerprint density at radius 2 is 2.50 bits per heavy atom. The van der Waals surface area contributed by atoms with Gasteiger partial charge in [-0.25, -0.2) is 9.48 Å². The van der Waals surface area contributed by atoms with E-state index in [0.29, 0.717) is 13.2 Å². The van der Waals surface area contributed by atoms with Gasteiger partial charge in [0, 0.05) is 0 Å². The molecule has 0 amide bonds. The number of carbonyl (C=O) groups is 1. The van der Waals surface area contributed by atoms with Gasteiger partial charge in [-0.2, -0.15) is 11.3 Å². The molecule has 16 heavy (non-hydrogen) atoms. The van der Waals surface area contributed by atoms with Gasteiger partial charge in [0.25, 0.3) is 5.82 Å². The van der Waals surface area contributed by atoms with E-state index in [1.807, 2.05) is 16.8 Å². The monoisotopic (exact) mass is 238 g/mol. The molecule has 6 nitrogen and oxygen atoms in total. The second-order valence-corrected chi connectivity index (χ2v) is 3.79. The summed E-state index contributed by atoms with van der Waals surface area (Å²) in [4.78, 5) is 11.5. The Balaban J connectivity index is 2.16. The molecule has 84 valence electrons. The van der Waals surface area contributed by atoms with Gasteiger partial charge < -0.3 is 4.74 Å². The number of rotatable bonds is 4. The third-order valence-corrected chi connectivity index (χ3v) is 2.63. The maximum Gasteiger partial charge on any atom is 0.378 e. The fourth-order valence-electron chi connectivity index (χ4n) is 1.21. The van der Waals surface area contributed by atoms with Crippen molar-refractivity contribution in [2.45, 2.75) is 13.5 Å². The molecule has 2 aromatic rings. The minimum Gasteiger partial charge on any atom is -0.460 e. The van der Waals surface area contributed by atoms with E-state index < -0.39 is 5.97 Å². The standard InChI is InChI=1S/C9H10N4O2S/c1-2-15-9(14)8-10-11-12-13(8)5-7-3-4-16-6-7/h3-4,6H,2,5H2,1H3.